The second kappa shape index (κ2) is 4.41. The molecule has 1 N–H and O–H groups in total. The molecule has 2 rings (SSSR count). The number of nitrogens with one attached hydrogen (secondary N) is 1. The first-order valence-corrected chi connectivity index (χ1v) is 5.25. The number of rotatable bonds is 5. The van der Waals surface area contributed by atoms with Crippen LogP contribution in [0.5, 0.6) is 0 Å². The van der Waals surface area contributed by atoms with Crippen LogP contribution in [0, 0.1) is 17.2 Å². The van der Waals surface area contributed by atoms with Crippen LogP contribution in [0.4, 0.5) is 0 Å². The normalized spacial score (nSPS) is 17.3. The van der Waals surface area contributed by atoms with Crippen LogP contribution in [0.2, 0.25) is 0 Å². The third-order valence-electron chi connectivity index (χ3n) is 2.45. The number of ether oxygens (including phenoxy) is 1. The molecule has 1 aromatic heterocycles. The van der Waals surface area contributed by atoms with Crippen LogP contribution in [-0.2, 0) is 11.2 Å². The number of H-pyrrole nitrogens is 1. The number of nitrogens with zero attached hydrogens (tertiary/aromatic N) is 3. The Morgan fingerprint density at radius 1 is 1.67 bits per heavy atom. The SMILES string of the molecule is CCOC(c1n[nH]c(CC#N)n1)C1CC1. The standard InChI is InChI=1S/C10H14N4O/c1-2-15-9(7-3-4-7)10-12-8(5-6-11)13-14-10/h7,9H,2-5H2,1H3,(H,12,13,14). The highest BCUT2D eigenvalue weighted by Crippen LogP contribution is 2.42. The first-order chi connectivity index (χ1) is 7.35. The molecule has 0 amide bonds. The number of aromatic amines is 1. The van der Waals surface area contributed by atoms with Gasteiger partial charge in [-0.15, -0.1) is 0 Å². The molecule has 0 aromatic carbocycles. The van der Waals surface area contributed by atoms with E-state index in [0.29, 0.717) is 24.2 Å². The van der Waals surface area contributed by atoms with E-state index in [2.05, 4.69) is 15.2 Å². The van der Waals surface area contributed by atoms with E-state index in [1.54, 1.807) is 0 Å². The summed E-state index contributed by atoms with van der Waals surface area (Å²) >= 11 is 0. The average Bonchev–Trinajstić information content (AvgIpc) is 2.96. The molecule has 1 aromatic rings. The second-order valence-electron chi connectivity index (χ2n) is 3.69. The van der Waals surface area contributed by atoms with Crippen LogP contribution in [0.1, 0.15) is 37.5 Å². The van der Waals surface area contributed by atoms with E-state index < -0.39 is 0 Å². The molecule has 0 saturated heterocycles. The lowest BCUT2D eigenvalue weighted by Crippen LogP contribution is -2.08. The molecule has 1 aliphatic carbocycles. The van der Waals surface area contributed by atoms with Crippen LogP contribution in [-0.4, -0.2) is 21.8 Å². The minimum Gasteiger partial charge on any atom is -0.370 e. The zero-order valence-electron chi connectivity index (χ0n) is 8.73. The van der Waals surface area contributed by atoms with Gasteiger partial charge in [-0.2, -0.15) is 10.4 Å². The third kappa shape index (κ3) is 2.34. The summed E-state index contributed by atoms with van der Waals surface area (Å²) < 4.78 is 5.62. The summed E-state index contributed by atoms with van der Waals surface area (Å²) in [5, 5.41) is 15.4. The highest BCUT2D eigenvalue weighted by molar-refractivity contribution is 5.02. The minimum absolute atomic E-state index is 0.0127. The van der Waals surface area contributed by atoms with Gasteiger partial charge in [0, 0.05) is 6.61 Å². The topological polar surface area (TPSA) is 74.6 Å². The van der Waals surface area contributed by atoms with Gasteiger partial charge in [-0.1, -0.05) is 0 Å². The summed E-state index contributed by atoms with van der Waals surface area (Å²) in [6.45, 7) is 2.64. The fraction of sp³-hybridized carbons (Fsp3) is 0.700. The van der Waals surface area contributed by atoms with E-state index in [4.69, 9.17) is 10.00 Å². The van der Waals surface area contributed by atoms with E-state index in [1.807, 2.05) is 13.0 Å². The highest BCUT2D eigenvalue weighted by Gasteiger charge is 2.35. The lowest BCUT2D eigenvalue weighted by Gasteiger charge is -2.11. The van der Waals surface area contributed by atoms with Crippen molar-refractivity contribution in [1.82, 2.24) is 15.2 Å². The highest BCUT2D eigenvalue weighted by atomic mass is 16.5. The molecule has 15 heavy (non-hydrogen) atoms. The van der Waals surface area contributed by atoms with Crippen LogP contribution in [0.3, 0.4) is 0 Å². The maximum Gasteiger partial charge on any atom is 0.179 e. The fourth-order valence-electron chi connectivity index (χ4n) is 1.59. The predicted molar refractivity (Wildman–Crippen MR) is 52.8 cm³/mol. The van der Waals surface area contributed by atoms with E-state index in [-0.39, 0.29) is 12.5 Å². The van der Waals surface area contributed by atoms with Gasteiger partial charge in [0.2, 0.25) is 0 Å². The van der Waals surface area contributed by atoms with Crippen molar-refractivity contribution in [2.45, 2.75) is 32.3 Å². The smallest absolute Gasteiger partial charge is 0.179 e. The molecule has 1 unspecified atom stereocenters. The van der Waals surface area contributed by atoms with Gasteiger partial charge in [-0.3, -0.25) is 5.10 Å². The third-order valence-corrected chi connectivity index (χ3v) is 2.45. The van der Waals surface area contributed by atoms with Crippen LogP contribution in [0.25, 0.3) is 0 Å². The van der Waals surface area contributed by atoms with Crippen molar-refractivity contribution in [2.24, 2.45) is 5.92 Å². The van der Waals surface area contributed by atoms with Crippen molar-refractivity contribution in [3.8, 4) is 6.07 Å². The molecule has 80 valence electrons. The van der Waals surface area contributed by atoms with Gasteiger partial charge >= 0.3 is 0 Å². The van der Waals surface area contributed by atoms with Gasteiger partial charge in [0.1, 0.15) is 11.9 Å². The Morgan fingerprint density at radius 2 is 2.47 bits per heavy atom. The van der Waals surface area contributed by atoms with E-state index in [9.17, 15) is 0 Å². The van der Waals surface area contributed by atoms with Gasteiger partial charge in [-0.25, -0.2) is 4.98 Å². The number of hydrogen-bond acceptors (Lipinski definition) is 4. The van der Waals surface area contributed by atoms with Crippen LogP contribution >= 0.6 is 0 Å². The number of aromatic nitrogens is 3. The molecule has 5 heteroatoms. The Balaban J connectivity index is 2.08. The molecule has 1 saturated carbocycles. The zero-order valence-corrected chi connectivity index (χ0v) is 8.73. The number of nitriles is 1. The first-order valence-electron chi connectivity index (χ1n) is 5.25. The molecular weight excluding hydrogens is 192 g/mol. The summed E-state index contributed by atoms with van der Waals surface area (Å²) in [6, 6.07) is 2.04. The number of hydrogen-bond donors (Lipinski definition) is 1. The first kappa shape index (κ1) is 10.1. The van der Waals surface area contributed by atoms with Crippen molar-refractivity contribution < 1.29 is 4.74 Å². The summed E-state index contributed by atoms with van der Waals surface area (Å²) in [4.78, 5) is 4.27. The molecule has 1 heterocycles. The maximum atomic E-state index is 8.52. The Kier molecular flexibility index (Phi) is 2.97. The summed E-state index contributed by atoms with van der Waals surface area (Å²) in [5.41, 5.74) is 0. The van der Waals surface area contributed by atoms with Crippen molar-refractivity contribution >= 4 is 0 Å². The Labute approximate surface area is 88.5 Å². The minimum atomic E-state index is 0.0127. The second-order valence-corrected chi connectivity index (χ2v) is 3.69. The van der Waals surface area contributed by atoms with Gasteiger partial charge in [-0.05, 0) is 25.7 Å². The molecule has 1 fully saturated rings. The maximum absolute atomic E-state index is 8.52. The molecule has 5 nitrogen and oxygen atoms in total. The van der Waals surface area contributed by atoms with Crippen molar-refractivity contribution in [3.05, 3.63) is 11.6 Å². The monoisotopic (exact) mass is 206 g/mol. The molecule has 1 atom stereocenters. The van der Waals surface area contributed by atoms with E-state index >= 15 is 0 Å². The quantitative estimate of drug-likeness (QED) is 0.789. The van der Waals surface area contributed by atoms with Crippen molar-refractivity contribution in [3.63, 3.8) is 0 Å². The van der Waals surface area contributed by atoms with Gasteiger partial charge in [0.15, 0.2) is 5.82 Å². The van der Waals surface area contributed by atoms with Crippen molar-refractivity contribution in [2.75, 3.05) is 6.61 Å². The lowest BCUT2D eigenvalue weighted by atomic mass is 10.2. The van der Waals surface area contributed by atoms with Crippen LogP contribution < -0.4 is 0 Å². The largest absolute Gasteiger partial charge is 0.370 e. The van der Waals surface area contributed by atoms with Crippen molar-refractivity contribution in [1.29, 1.82) is 5.26 Å². The average molecular weight is 206 g/mol. The van der Waals surface area contributed by atoms with Gasteiger partial charge in [0.25, 0.3) is 0 Å². The van der Waals surface area contributed by atoms with E-state index in [0.717, 1.165) is 0 Å². The Hall–Kier alpha value is -1.41. The molecule has 0 radical (unpaired) electrons. The van der Waals surface area contributed by atoms with Gasteiger partial charge in [0.05, 0.1) is 12.5 Å². The summed E-state index contributed by atoms with van der Waals surface area (Å²) in [7, 11) is 0. The molecule has 0 spiro atoms. The Morgan fingerprint density at radius 3 is 3.07 bits per heavy atom. The predicted octanol–water partition coefficient (Wildman–Crippen LogP) is 1.36. The molecule has 0 aliphatic heterocycles. The van der Waals surface area contributed by atoms with E-state index in [1.165, 1.54) is 12.8 Å². The lowest BCUT2D eigenvalue weighted by molar-refractivity contribution is 0.0402. The summed E-state index contributed by atoms with van der Waals surface area (Å²) in [5.74, 6) is 1.89. The molecular formula is C10H14N4O. The fourth-order valence-corrected chi connectivity index (χ4v) is 1.59. The summed E-state index contributed by atoms with van der Waals surface area (Å²) in [6.07, 6.45) is 2.66. The van der Waals surface area contributed by atoms with Crippen LogP contribution in [0.15, 0.2) is 0 Å². The Bertz CT molecular complexity index is 364. The van der Waals surface area contributed by atoms with Gasteiger partial charge < -0.3 is 4.74 Å². The zero-order chi connectivity index (χ0) is 10.7. The molecule has 1 aliphatic rings. The molecule has 0 bridgehead atoms.